The molecule has 0 aliphatic rings. The van der Waals surface area contributed by atoms with E-state index < -0.39 is 29.0 Å². The Balaban J connectivity index is 1.72. The number of hydrogen-bond acceptors (Lipinski definition) is 4. The Morgan fingerprint density at radius 2 is 1.56 bits per heavy atom. The number of para-hydroxylation sites is 1. The number of carbonyl (C=O) groups is 1. The lowest BCUT2D eigenvalue weighted by Gasteiger charge is -2.08. The summed E-state index contributed by atoms with van der Waals surface area (Å²) in [5.74, 6) is -2.83. The van der Waals surface area contributed by atoms with Crippen LogP contribution in [0.1, 0.15) is 10.4 Å². The van der Waals surface area contributed by atoms with Crippen LogP contribution in [0.3, 0.4) is 0 Å². The number of nitrogens with one attached hydrogen (secondary N) is 2. The first-order valence-corrected chi connectivity index (χ1v) is 7.13. The van der Waals surface area contributed by atoms with Crippen LogP contribution >= 0.6 is 0 Å². The van der Waals surface area contributed by atoms with Gasteiger partial charge in [-0.25, -0.2) is 23.1 Å². The minimum atomic E-state index is -0.890. The van der Waals surface area contributed by atoms with Crippen molar-refractivity contribution in [3.05, 3.63) is 77.9 Å². The van der Waals surface area contributed by atoms with Gasteiger partial charge in [0.05, 0.1) is 5.56 Å². The summed E-state index contributed by atoms with van der Waals surface area (Å²) in [6, 6.07) is 8.93. The average Bonchev–Trinajstić information content (AvgIpc) is 2.59. The number of rotatable bonds is 4. The molecule has 0 unspecified atom stereocenters. The second-order valence-electron chi connectivity index (χ2n) is 4.98. The zero-order valence-corrected chi connectivity index (χ0v) is 12.6. The molecule has 0 spiro atoms. The largest absolute Gasteiger partial charge is 0.324 e. The third-order valence-corrected chi connectivity index (χ3v) is 3.20. The van der Waals surface area contributed by atoms with Crippen LogP contribution in [0.15, 0.2) is 54.9 Å². The fourth-order valence-electron chi connectivity index (χ4n) is 2.01. The van der Waals surface area contributed by atoms with Crippen LogP contribution in [0.2, 0.25) is 0 Å². The van der Waals surface area contributed by atoms with Crippen molar-refractivity contribution >= 4 is 23.2 Å². The highest BCUT2D eigenvalue weighted by Gasteiger charge is 2.14. The summed E-state index contributed by atoms with van der Waals surface area (Å²) in [6.45, 7) is 0. The summed E-state index contributed by atoms with van der Waals surface area (Å²) >= 11 is 0. The van der Waals surface area contributed by atoms with Gasteiger partial charge in [0.1, 0.15) is 23.1 Å². The van der Waals surface area contributed by atoms with Crippen LogP contribution in [0, 0.1) is 17.5 Å². The molecule has 8 heteroatoms. The van der Waals surface area contributed by atoms with Crippen molar-refractivity contribution < 1.29 is 18.0 Å². The van der Waals surface area contributed by atoms with E-state index in [9.17, 15) is 18.0 Å². The quantitative estimate of drug-likeness (QED) is 0.753. The van der Waals surface area contributed by atoms with Crippen LogP contribution in [0.5, 0.6) is 0 Å². The van der Waals surface area contributed by atoms with E-state index in [0.29, 0.717) is 5.69 Å². The minimum Gasteiger partial charge on any atom is -0.324 e. The predicted octanol–water partition coefficient (Wildman–Crippen LogP) is 3.89. The van der Waals surface area contributed by atoms with Crippen molar-refractivity contribution in [1.29, 1.82) is 0 Å². The lowest BCUT2D eigenvalue weighted by molar-refractivity contribution is 0.102. The maximum atomic E-state index is 13.5. The third kappa shape index (κ3) is 3.92. The molecule has 0 saturated heterocycles. The molecular formula is C17H11F3N4O. The second kappa shape index (κ2) is 7.00. The van der Waals surface area contributed by atoms with Crippen LogP contribution < -0.4 is 10.6 Å². The molecule has 0 fully saturated rings. The van der Waals surface area contributed by atoms with Crippen LogP contribution in [0.4, 0.5) is 30.5 Å². The molecular weight excluding hydrogens is 333 g/mol. The molecule has 2 aromatic carbocycles. The molecule has 0 saturated carbocycles. The molecule has 0 radical (unpaired) electrons. The van der Waals surface area contributed by atoms with Gasteiger partial charge < -0.3 is 10.6 Å². The molecule has 0 aliphatic heterocycles. The number of anilines is 3. The van der Waals surface area contributed by atoms with Gasteiger partial charge in [-0.15, -0.1) is 0 Å². The molecule has 0 atom stereocenters. The molecule has 1 heterocycles. The van der Waals surface area contributed by atoms with E-state index in [4.69, 9.17) is 0 Å². The Labute approximate surface area is 140 Å². The second-order valence-corrected chi connectivity index (χ2v) is 4.98. The fourth-order valence-corrected chi connectivity index (χ4v) is 2.01. The van der Waals surface area contributed by atoms with E-state index in [1.165, 1.54) is 36.7 Å². The molecule has 25 heavy (non-hydrogen) atoms. The van der Waals surface area contributed by atoms with E-state index in [1.54, 1.807) is 6.07 Å². The Kier molecular flexibility index (Phi) is 4.60. The van der Waals surface area contributed by atoms with Crippen LogP contribution in [-0.2, 0) is 0 Å². The van der Waals surface area contributed by atoms with Gasteiger partial charge in [-0.3, -0.25) is 4.79 Å². The molecule has 1 amide bonds. The first-order valence-electron chi connectivity index (χ1n) is 7.13. The topological polar surface area (TPSA) is 66.9 Å². The fraction of sp³-hybridized carbons (Fsp3) is 0. The average molecular weight is 344 g/mol. The first kappa shape index (κ1) is 16.4. The number of aromatic nitrogens is 2. The maximum Gasteiger partial charge on any atom is 0.258 e. The first-order chi connectivity index (χ1) is 12.0. The zero-order valence-electron chi connectivity index (χ0n) is 12.6. The number of carbonyl (C=O) groups excluding carboxylic acids is 1. The molecule has 5 nitrogen and oxygen atoms in total. The summed E-state index contributed by atoms with van der Waals surface area (Å²) in [5, 5.41) is 4.90. The molecule has 3 rings (SSSR count). The Morgan fingerprint density at radius 1 is 0.920 bits per heavy atom. The molecule has 126 valence electrons. The van der Waals surface area contributed by atoms with Gasteiger partial charge in [0, 0.05) is 18.1 Å². The maximum absolute atomic E-state index is 13.5. The molecule has 1 aromatic heterocycles. The highest BCUT2D eigenvalue weighted by Crippen LogP contribution is 2.19. The van der Waals surface area contributed by atoms with Crippen molar-refractivity contribution in [1.82, 2.24) is 9.97 Å². The number of nitrogens with zero attached hydrogens (tertiary/aromatic N) is 2. The lowest BCUT2D eigenvalue weighted by Crippen LogP contribution is -2.15. The number of benzene rings is 2. The van der Waals surface area contributed by atoms with Crippen molar-refractivity contribution in [2.75, 3.05) is 10.6 Å². The van der Waals surface area contributed by atoms with Crippen molar-refractivity contribution in [3.63, 3.8) is 0 Å². The number of hydrogen-bond donors (Lipinski definition) is 2. The molecule has 0 bridgehead atoms. The summed E-state index contributed by atoms with van der Waals surface area (Å²) in [7, 11) is 0. The van der Waals surface area contributed by atoms with Crippen molar-refractivity contribution in [3.8, 4) is 0 Å². The van der Waals surface area contributed by atoms with Gasteiger partial charge in [0.15, 0.2) is 0 Å². The smallest absolute Gasteiger partial charge is 0.258 e. The Morgan fingerprint density at radius 3 is 2.20 bits per heavy atom. The van der Waals surface area contributed by atoms with Crippen LogP contribution in [-0.4, -0.2) is 15.9 Å². The Bertz CT molecular complexity index is 896. The SMILES string of the molecule is O=C(Nc1c(F)cccc1F)c1cnc(Nc2cccc(F)c2)nc1. The van der Waals surface area contributed by atoms with E-state index in [-0.39, 0.29) is 11.5 Å². The van der Waals surface area contributed by atoms with Gasteiger partial charge in [-0.2, -0.15) is 0 Å². The molecule has 2 N–H and O–H groups in total. The van der Waals surface area contributed by atoms with E-state index in [0.717, 1.165) is 12.1 Å². The van der Waals surface area contributed by atoms with Crippen molar-refractivity contribution in [2.24, 2.45) is 0 Å². The molecule has 0 aliphatic carbocycles. The van der Waals surface area contributed by atoms with Crippen LogP contribution in [0.25, 0.3) is 0 Å². The summed E-state index contributed by atoms with van der Waals surface area (Å²) in [5.41, 5.74) is -0.104. The van der Waals surface area contributed by atoms with Crippen molar-refractivity contribution in [2.45, 2.75) is 0 Å². The monoisotopic (exact) mass is 344 g/mol. The highest BCUT2D eigenvalue weighted by atomic mass is 19.1. The summed E-state index contributed by atoms with van der Waals surface area (Å²) < 4.78 is 40.2. The van der Waals surface area contributed by atoms with Gasteiger partial charge in [0.25, 0.3) is 5.91 Å². The summed E-state index contributed by atoms with van der Waals surface area (Å²) in [4.78, 5) is 19.9. The third-order valence-electron chi connectivity index (χ3n) is 3.20. The summed E-state index contributed by atoms with van der Waals surface area (Å²) in [6.07, 6.45) is 2.37. The van der Waals surface area contributed by atoms with Gasteiger partial charge >= 0.3 is 0 Å². The van der Waals surface area contributed by atoms with E-state index in [2.05, 4.69) is 20.6 Å². The lowest BCUT2D eigenvalue weighted by atomic mass is 10.2. The van der Waals surface area contributed by atoms with Gasteiger partial charge in [-0.1, -0.05) is 12.1 Å². The number of amides is 1. The molecule has 3 aromatic rings. The van der Waals surface area contributed by atoms with E-state index >= 15 is 0 Å². The highest BCUT2D eigenvalue weighted by molar-refractivity contribution is 6.04. The van der Waals surface area contributed by atoms with E-state index in [1.807, 2.05) is 0 Å². The zero-order chi connectivity index (χ0) is 17.8. The van der Waals surface area contributed by atoms with Gasteiger partial charge in [-0.05, 0) is 30.3 Å². The van der Waals surface area contributed by atoms with Gasteiger partial charge in [0.2, 0.25) is 5.95 Å². The normalized spacial score (nSPS) is 10.4. The Hall–Kier alpha value is -3.42. The standard InChI is InChI=1S/C17H11F3N4O/c18-11-3-1-4-12(7-11)23-17-21-8-10(9-22-17)16(25)24-15-13(19)5-2-6-14(15)20/h1-9H,(H,24,25)(H,21,22,23). The minimum absolute atomic E-state index is 0.00689. The predicted molar refractivity (Wildman–Crippen MR) is 86.0 cm³/mol. The number of halogens is 3.